The van der Waals surface area contributed by atoms with Crippen LogP contribution in [0.25, 0.3) is 22.6 Å². The fourth-order valence-electron chi connectivity index (χ4n) is 4.88. The minimum atomic E-state index is -0.464. The van der Waals surface area contributed by atoms with E-state index >= 15 is 0 Å². The number of nitrogens with one attached hydrogen (secondary N) is 1. The van der Waals surface area contributed by atoms with Gasteiger partial charge in [-0.25, -0.2) is 9.97 Å². The number of hydrogen-bond acceptors (Lipinski definition) is 4. The number of amides is 1. The zero-order valence-corrected chi connectivity index (χ0v) is 23.7. The third kappa shape index (κ3) is 5.58. The normalized spacial score (nSPS) is 13.6. The van der Waals surface area contributed by atoms with E-state index in [1.54, 1.807) is 22.9 Å². The summed E-state index contributed by atoms with van der Waals surface area (Å²) in [6.45, 7) is 13.3. The van der Waals surface area contributed by atoms with Crippen LogP contribution in [0.3, 0.4) is 0 Å². The molecule has 39 heavy (non-hydrogen) atoms. The smallest absolute Gasteiger partial charge is 0.263 e. The molecular weight excluding hydrogens is 486 g/mol. The number of hydrogen-bond donors (Lipinski definition) is 1. The first-order valence-corrected chi connectivity index (χ1v) is 13.7. The molecule has 3 heterocycles. The summed E-state index contributed by atoms with van der Waals surface area (Å²) < 4.78 is 3.81. The Balaban J connectivity index is 1.51. The Hall–Kier alpha value is -4.00. The van der Waals surface area contributed by atoms with E-state index in [4.69, 9.17) is 0 Å². The number of imidazole rings is 1. The summed E-state index contributed by atoms with van der Waals surface area (Å²) >= 11 is 0. The molecule has 1 aliphatic carbocycles. The van der Waals surface area contributed by atoms with Gasteiger partial charge in [-0.2, -0.15) is 0 Å². The number of anilines is 1. The van der Waals surface area contributed by atoms with Gasteiger partial charge in [-0.3, -0.25) is 9.59 Å². The molecular formula is C32H37N5O2. The van der Waals surface area contributed by atoms with Gasteiger partial charge in [-0.05, 0) is 74.3 Å². The van der Waals surface area contributed by atoms with Crippen molar-refractivity contribution in [2.24, 2.45) is 5.92 Å². The molecule has 3 aromatic heterocycles. The van der Waals surface area contributed by atoms with E-state index in [1.807, 2.05) is 29.8 Å². The molecule has 0 aliphatic heterocycles. The fraction of sp³-hybridized carbons (Fsp3) is 0.375. The second-order valence-electron chi connectivity index (χ2n) is 11.9. The summed E-state index contributed by atoms with van der Waals surface area (Å²) in [7, 11) is 0. The second-order valence-corrected chi connectivity index (χ2v) is 11.9. The highest BCUT2D eigenvalue weighted by atomic mass is 16.2. The van der Waals surface area contributed by atoms with Crippen molar-refractivity contribution < 1.29 is 4.79 Å². The van der Waals surface area contributed by atoms with Gasteiger partial charge < -0.3 is 14.5 Å². The van der Waals surface area contributed by atoms with Crippen LogP contribution in [0.1, 0.15) is 75.1 Å². The Bertz CT molecular complexity index is 1570. The topological polar surface area (TPSA) is 81.8 Å². The van der Waals surface area contributed by atoms with E-state index in [-0.39, 0.29) is 22.6 Å². The summed E-state index contributed by atoms with van der Waals surface area (Å²) in [6.07, 6.45) is 5.88. The minimum Gasteiger partial charge on any atom is -0.327 e. The monoisotopic (exact) mass is 523 g/mol. The minimum absolute atomic E-state index is 0.0389. The van der Waals surface area contributed by atoms with Crippen molar-refractivity contribution >= 4 is 11.7 Å². The van der Waals surface area contributed by atoms with Crippen LogP contribution in [0, 0.1) is 12.8 Å². The van der Waals surface area contributed by atoms with Crippen molar-refractivity contribution in [3.63, 3.8) is 0 Å². The lowest BCUT2D eigenvalue weighted by Gasteiger charge is -2.20. The molecule has 7 heteroatoms. The van der Waals surface area contributed by atoms with Crippen molar-refractivity contribution in [1.29, 1.82) is 0 Å². The number of rotatable bonds is 7. The predicted molar refractivity (Wildman–Crippen MR) is 156 cm³/mol. The Morgan fingerprint density at radius 3 is 2.46 bits per heavy atom. The highest BCUT2D eigenvalue weighted by Crippen LogP contribution is 2.33. The number of pyridine rings is 2. The van der Waals surface area contributed by atoms with Gasteiger partial charge in [-0.15, -0.1) is 0 Å². The number of benzene rings is 1. The molecule has 202 valence electrons. The fourth-order valence-corrected chi connectivity index (χ4v) is 4.88. The van der Waals surface area contributed by atoms with E-state index in [2.05, 4.69) is 74.2 Å². The van der Waals surface area contributed by atoms with Crippen LogP contribution in [0.2, 0.25) is 0 Å². The van der Waals surface area contributed by atoms with Crippen LogP contribution in [0.15, 0.2) is 65.7 Å². The van der Waals surface area contributed by atoms with Gasteiger partial charge in [0, 0.05) is 36.2 Å². The molecule has 1 fully saturated rings. The van der Waals surface area contributed by atoms with Crippen molar-refractivity contribution in [2.45, 2.75) is 72.4 Å². The first-order valence-electron chi connectivity index (χ1n) is 13.7. The van der Waals surface area contributed by atoms with E-state index in [9.17, 15) is 9.59 Å². The van der Waals surface area contributed by atoms with Gasteiger partial charge in [0.05, 0.1) is 0 Å². The molecule has 7 nitrogen and oxygen atoms in total. The van der Waals surface area contributed by atoms with Crippen LogP contribution >= 0.6 is 0 Å². The number of carbonyl (C=O) groups is 1. The van der Waals surface area contributed by atoms with Crippen LogP contribution in [-0.4, -0.2) is 25.0 Å². The molecule has 4 aromatic rings. The zero-order chi connectivity index (χ0) is 27.9. The molecule has 0 saturated heterocycles. The lowest BCUT2D eigenvalue weighted by atomic mass is 9.86. The Morgan fingerprint density at radius 2 is 1.82 bits per heavy atom. The SMILES string of the molecule is Cc1c(-c2ccc(C(C)(C)C)cc2)cc(C(=O)Nc2cccc(-c3nccn3C(C)C)n2)c(=O)n1CC1CC1. The average molecular weight is 524 g/mol. The van der Waals surface area contributed by atoms with Crippen molar-refractivity contribution in [2.75, 3.05) is 5.32 Å². The maximum atomic E-state index is 13.6. The van der Waals surface area contributed by atoms with Gasteiger partial charge in [0.25, 0.3) is 11.5 Å². The predicted octanol–water partition coefficient (Wildman–Crippen LogP) is 6.62. The first-order chi connectivity index (χ1) is 18.5. The Morgan fingerprint density at radius 1 is 1.10 bits per heavy atom. The molecule has 0 bridgehead atoms. The van der Waals surface area contributed by atoms with Gasteiger partial charge in [0.1, 0.15) is 17.1 Å². The summed E-state index contributed by atoms with van der Waals surface area (Å²) in [5.74, 6) is 1.12. The number of nitrogens with zero attached hydrogens (tertiary/aromatic N) is 4. The van der Waals surface area contributed by atoms with Gasteiger partial charge in [-0.1, -0.05) is 51.1 Å². The maximum absolute atomic E-state index is 13.6. The van der Waals surface area contributed by atoms with Crippen LogP contribution < -0.4 is 10.9 Å². The number of aromatic nitrogens is 4. The number of carbonyl (C=O) groups excluding carboxylic acids is 1. The summed E-state index contributed by atoms with van der Waals surface area (Å²) in [4.78, 5) is 36.2. The average Bonchev–Trinajstić information content (AvgIpc) is 3.57. The molecule has 1 N–H and O–H groups in total. The molecule has 0 unspecified atom stereocenters. The lowest BCUT2D eigenvalue weighted by Crippen LogP contribution is -2.31. The molecule has 5 rings (SSSR count). The lowest BCUT2D eigenvalue weighted by molar-refractivity contribution is 0.102. The Kier molecular flexibility index (Phi) is 7.02. The van der Waals surface area contributed by atoms with Crippen LogP contribution in [0.5, 0.6) is 0 Å². The molecule has 0 spiro atoms. The molecule has 0 atom stereocenters. The van der Waals surface area contributed by atoms with Crippen LogP contribution in [0.4, 0.5) is 5.82 Å². The van der Waals surface area contributed by atoms with Gasteiger partial charge in [0.15, 0.2) is 5.82 Å². The second kappa shape index (κ2) is 10.3. The van der Waals surface area contributed by atoms with Crippen LogP contribution in [-0.2, 0) is 12.0 Å². The summed E-state index contributed by atoms with van der Waals surface area (Å²) in [5, 5.41) is 2.87. The molecule has 1 aromatic carbocycles. The summed E-state index contributed by atoms with van der Waals surface area (Å²) in [6, 6.07) is 15.8. The van der Waals surface area contributed by atoms with Crippen molar-refractivity contribution in [3.05, 3.63) is 88.1 Å². The van der Waals surface area contributed by atoms with E-state index < -0.39 is 5.91 Å². The molecule has 0 radical (unpaired) electrons. The van der Waals surface area contributed by atoms with E-state index in [0.717, 1.165) is 35.5 Å². The largest absolute Gasteiger partial charge is 0.327 e. The van der Waals surface area contributed by atoms with E-state index in [1.165, 1.54) is 5.56 Å². The zero-order valence-electron chi connectivity index (χ0n) is 23.7. The third-order valence-electron chi connectivity index (χ3n) is 7.45. The molecule has 1 amide bonds. The third-order valence-corrected chi connectivity index (χ3v) is 7.45. The standard InChI is InChI=1S/C32H37N5O2/c1-20(2)36-17-16-33-29(36)27-8-7-9-28(34-27)35-30(38)26-18-25(21(3)37(31(26)39)19-22-10-11-22)23-12-14-24(15-13-23)32(4,5)6/h7-9,12-18,20,22H,10-11,19H2,1-6H3,(H,34,35,38). The molecule has 1 saturated carbocycles. The first kappa shape index (κ1) is 26.6. The van der Waals surface area contributed by atoms with Gasteiger partial charge >= 0.3 is 0 Å². The van der Waals surface area contributed by atoms with Crippen molar-refractivity contribution in [1.82, 2.24) is 19.1 Å². The highest BCUT2D eigenvalue weighted by Gasteiger charge is 2.26. The van der Waals surface area contributed by atoms with E-state index in [0.29, 0.717) is 24.0 Å². The quantitative estimate of drug-likeness (QED) is 0.295. The molecule has 1 aliphatic rings. The Labute approximate surface area is 230 Å². The summed E-state index contributed by atoms with van der Waals surface area (Å²) in [5.41, 5.74) is 4.54. The highest BCUT2D eigenvalue weighted by molar-refractivity contribution is 6.04. The van der Waals surface area contributed by atoms with Crippen molar-refractivity contribution in [3.8, 4) is 22.6 Å². The van der Waals surface area contributed by atoms with Gasteiger partial charge in [0.2, 0.25) is 0 Å². The maximum Gasteiger partial charge on any atom is 0.263 e.